The Hall–Kier alpha value is -1.55. The van der Waals surface area contributed by atoms with Crippen molar-refractivity contribution in [2.75, 3.05) is 39.8 Å². The minimum atomic E-state index is 0.139. The zero-order valence-electron chi connectivity index (χ0n) is 12.1. The average molecular weight is 264 g/mol. The van der Waals surface area contributed by atoms with Crippen LogP contribution in [0.15, 0.2) is 30.3 Å². The number of hydrogen-bond donors (Lipinski definition) is 0. The molecule has 1 aromatic rings. The van der Waals surface area contributed by atoms with Gasteiger partial charge in [-0.2, -0.15) is 0 Å². The molecule has 1 aromatic carbocycles. The van der Waals surface area contributed by atoms with Gasteiger partial charge in [0, 0.05) is 7.05 Å². The number of benzene rings is 1. The van der Waals surface area contributed by atoms with Crippen molar-refractivity contribution in [2.24, 2.45) is 0 Å². The van der Waals surface area contributed by atoms with Crippen molar-refractivity contribution in [3.63, 3.8) is 0 Å². The summed E-state index contributed by atoms with van der Waals surface area (Å²) in [5.41, 5.74) is 0. The number of para-hydroxylation sites is 1. The Morgan fingerprint density at radius 2 is 1.79 bits per heavy atom. The van der Waals surface area contributed by atoms with Gasteiger partial charge in [-0.25, -0.2) is 0 Å². The molecule has 0 aliphatic carbocycles. The zero-order chi connectivity index (χ0) is 14.1. The van der Waals surface area contributed by atoms with Gasteiger partial charge in [0.25, 0.3) is 0 Å². The van der Waals surface area contributed by atoms with Gasteiger partial charge in [-0.05, 0) is 25.2 Å². The van der Waals surface area contributed by atoms with Crippen molar-refractivity contribution < 1.29 is 9.53 Å². The standard InChI is InChI=1S/C15H24N2O2/c1-4-17(5-2)13-15(18)16(3)11-12-19-14-9-7-6-8-10-14/h6-10H,4-5,11-13H2,1-3H3. The minimum absolute atomic E-state index is 0.139. The molecular weight excluding hydrogens is 240 g/mol. The maximum atomic E-state index is 11.9. The molecule has 0 unspecified atom stereocenters. The van der Waals surface area contributed by atoms with Gasteiger partial charge in [0.1, 0.15) is 12.4 Å². The van der Waals surface area contributed by atoms with E-state index in [0.717, 1.165) is 18.8 Å². The monoisotopic (exact) mass is 264 g/mol. The molecule has 0 radical (unpaired) electrons. The molecule has 0 atom stereocenters. The summed E-state index contributed by atoms with van der Waals surface area (Å²) in [4.78, 5) is 15.8. The first-order valence-corrected chi connectivity index (χ1v) is 6.81. The van der Waals surface area contributed by atoms with Crippen molar-refractivity contribution in [3.8, 4) is 5.75 Å². The zero-order valence-corrected chi connectivity index (χ0v) is 12.1. The van der Waals surface area contributed by atoms with E-state index in [9.17, 15) is 4.79 Å². The lowest BCUT2D eigenvalue weighted by molar-refractivity contribution is -0.131. The summed E-state index contributed by atoms with van der Waals surface area (Å²) in [6, 6.07) is 9.65. The number of likely N-dealkylation sites (N-methyl/N-ethyl adjacent to an activating group) is 2. The second kappa shape index (κ2) is 8.53. The normalized spacial score (nSPS) is 10.5. The third-order valence-corrected chi connectivity index (χ3v) is 3.12. The van der Waals surface area contributed by atoms with Crippen LogP contribution in [0.2, 0.25) is 0 Å². The fourth-order valence-electron chi connectivity index (χ4n) is 1.70. The van der Waals surface area contributed by atoms with Crippen LogP contribution in [0.3, 0.4) is 0 Å². The second-order valence-electron chi connectivity index (χ2n) is 4.44. The smallest absolute Gasteiger partial charge is 0.236 e. The summed E-state index contributed by atoms with van der Waals surface area (Å²) in [5, 5.41) is 0. The molecule has 0 aromatic heterocycles. The quantitative estimate of drug-likeness (QED) is 0.718. The van der Waals surface area contributed by atoms with Crippen LogP contribution < -0.4 is 4.74 Å². The first kappa shape index (κ1) is 15.5. The van der Waals surface area contributed by atoms with Gasteiger partial charge in [-0.1, -0.05) is 32.0 Å². The first-order valence-electron chi connectivity index (χ1n) is 6.81. The average Bonchev–Trinajstić information content (AvgIpc) is 2.45. The van der Waals surface area contributed by atoms with E-state index >= 15 is 0 Å². The fourth-order valence-corrected chi connectivity index (χ4v) is 1.70. The summed E-state index contributed by atoms with van der Waals surface area (Å²) in [6.07, 6.45) is 0. The largest absolute Gasteiger partial charge is 0.492 e. The highest BCUT2D eigenvalue weighted by molar-refractivity contribution is 5.77. The Kier molecular flexibility index (Phi) is 6.97. The topological polar surface area (TPSA) is 32.8 Å². The van der Waals surface area contributed by atoms with Crippen LogP contribution in [0.1, 0.15) is 13.8 Å². The van der Waals surface area contributed by atoms with E-state index < -0.39 is 0 Å². The Morgan fingerprint density at radius 1 is 1.16 bits per heavy atom. The van der Waals surface area contributed by atoms with Gasteiger partial charge in [-0.15, -0.1) is 0 Å². The highest BCUT2D eigenvalue weighted by atomic mass is 16.5. The highest BCUT2D eigenvalue weighted by Gasteiger charge is 2.11. The van der Waals surface area contributed by atoms with E-state index in [2.05, 4.69) is 18.7 Å². The summed E-state index contributed by atoms with van der Waals surface area (Å²) in [5.74, 6) is 0.979. The molecule has 0 saturated carbocycles. The molecule has 0 N–H and O–H groups in total. The Morgan fingerprint density at radius 3 is 2.37 bits per heavy atom. The number of rotatable bonds is 8. The highest BCUT2D eigenvalue weighted by Crippen LogP contribution is 2.07. The van der Waals surface area contributed by atoms with Crippen molar-refractivity contribution in [3.05, 3.63) is 30.3 Å². The maximum absolute atomic E-state index is 11.9. The van der Waals surface area contributed by atoms with Crippen molar-refractivity contribution >= 4 is 5.91 Å². The van der Waals surface area contributed by atoms with E-state index in [0.29, 0.717) is 19.7 Å². The van der Waals surface area contributed by atoms with Gasteiger partial charge in [0.2, 0.25) is 5.91 Å². The van der Waals surface area contributed by atoms with E-state index in [-0.39, 0.29) is 5.91 Å². The van der Waals surface area contributed by atoms with Crippen LogP contribution in [0.4, 0.5) is 0 Å². The van der Waals surface area contributed by atoms with E-state index in [1.807, 2.05) is 37.4 Å². The molecule has 0 fully saturated rings. The molecule has 4 nitrogen and oxygen atoms in total. The Balaban J connectivity index is 2.27. The third-order valence-electron chi connectivity index (χ3n) is 3.12. The summed E-state index contributed by atoms with van der Waals surface area (Å²) >= 11 is 0. The maximum Gasteiger partial charge on any atom is 0.236 e. The second-order valence-corrected chi connectivity index (χ2v) is 4.44. The van der Waals surface area contributed by atoms with Gasteiger partial charge in [0.05, 0.1) is 13.1 Å². The van der Waals surface area contributed by atoms with Crippen molar-refractivity contribution in [1.82, 2.24) is 9.80 Å². The van der Waals surface area contributed by atoms with Gasteiger partial charge in [0.15, 0.2) is 0 Å². The van der Waals surface area contributed by atoms with Gasteiger partial charge in [-0.3, -0.25) is 9.69 Å². The number of ether oxygens (including phenoxy) is 1. The minimum Gasteiger partial charge on any atom is -0.492 e. The Labute approximate surface area is 116 Å². The molecule has 1 rings (SSSR count). The molecule has 0 aliphatic rings. The van der Waals surface area contributed by atoms with Gasteiger partial charge < -0.3 is 9.64 Å². The molecule has 19 heavy (non-hydrogen) atoms. The van der Waals surface area contributed by atoms with E-state index in [1.54, 1.807) is 4.90 Å². The van der Waals surface area contributed by atoms with Crippen LogP contribution in [0, 0.1) is 0 Å². The lowest BCUT2D eigenvalue weighted by atomic mass is 10.3. The van der Waals surface area contributed by atoms with Crippen LogP contribution >= 0.6 is 0 Å². The molecule has 0 saturated heterocycles. The van der Waals surface area contributed by atoms with Crippen molar-refractivity contribution in [2.45, 2.75) is 13.8 Å². The molecule has 0 heterocycles. The molecule has 106 valence electrons. The third kappa shape index (κ3) is 5.75. The lowest BCUT2D eigenvalue weighted by Gasteiger charge is -2.22. The van der Waals surface area contributed by atoms with Crippen LogP contribution in [-0.2, 0) is 4.79 Å². The summed E-state index contributed by atoms with van der Waals surface area (Å²) in [6.45, 7) is 7.53. The lowest BCUT2D eigenvalue weighted by Crippen LogP contribution is -2.39. The molecule has 0 aliphatic heterocycles. The van der Waals surface area contributed by atoms with Crippen LogP contribution in [0.5, 0.6) is 5.75 Å². The van der Waals surface area contributed by atoms with E-state index in [4.69, 9.17) is 4.74 Å². The van der Waals surface area contributed by atoms with Crippen LogP contribution in [-0.4, -0.2) is 55.5 Å². The number of carbonyl (C=O) groups is 1. The predicted octanol–water partition coefficient (Wildman–Crippen LogP) is 1.87. The number of amides is 1. The molecule has 1 amide bonds. The van der Waals surface area contributed by atoms with Crippen molar-refractivity contribution in [1.29, 1.82) is 0 Å². The fraction of sp³-hybridized carbons (Fsp3) is 0.533. The molecule has 0 bridgehead atoms. The predicted molar refractivity (Wildman–Crippen MR) is 77.4 cm³/mol. The molecule has 4 heteroatoms. The summed E-state index contributed by atoms with van der Waals surface area (Å²) < 4.78 is 5.58. The number of nitrogens with zero attached hydrogens (tertiary/aromatic N) is 2. The number of hydrogen-bond acceptors (Lipinski definition) is 3. The molecule has 0 spiro atoms. The molecular formula is C15H24N2O2. The first-order chi connectivity index (χ1) is 9.17. The SMILES string of the molecule is CCN(CC)CC(=O)N(C)CCOc1ccccc1. The van der Waals surface area contributed by atoms with Crippen LogP contribution in [0.25, 0.3) is 0 Å². The summed E-state index contributed by atoms with van der Waals surface area (Å²) in [7, 11) is 1.82. The van der Waals surface area contributed by atoms with Gasteiger partial charge >= 0.3 is 0 Å². The number of carbonyl (C=O) groups excluding carboxylic acids is 1. The van der Waals surface area contributed by atoms with E-state index in [1.165, 1.54) is 0 Å². The Bertz CT molecular complexity index is 364.